The quantitative estimate of drug-likeness (QED) is 0.259. The van der Waals surface area contributed by atoms with Crippen LogP contribution in [0.5, 0.6) is 0 Å². The summed E-state index contributed by atoms with van der Waals surface area (Å²) in [6.45, 7) is 3.93. The molecule has 1 atom stereocenters. The fourth-order valence-electron chi connectivity index (χ4n) is 1.36. The Morgan fingerprint density at radius 3 is 2.50 bits per heavy atom. The van der Waals surface area contributed by atoms with Gasteiger partial charge in [0.15, 0.2) is 5.78 Å². The normalized spacial score (nSPS) is 13.0. The van der Waals surface area contributed by atoms with Crippen molar-refractivity contribution >= 4 is 12.1 Å². The Hall–Kier alpha value is -0.920. The molecule has 0 aromatic rings. The monoisotopic (exact) mass is 196 g/mol. The van der Waals surface area contributed by atoms with E-state index in [0.717, 1.165) is 19.1 Å². The third-order valence-corrected chi connectivity index (χ3v) is 2.23. The van der Waals surface area contributed by atoms with Gasteiger partial charge in [0.05, 0.1) is 5.92 Å². The molecule has 0 N–H and O–H groups in total. The average molecular weight is 196 g/mol. The first kappa shape index (κ1) is 13.1. The van der Waals surface area contributed by atoms with Crippen LogP contribution >= 0.6 is 0 Å². The molecule has 0 saturated carbocycles. The maximum absolute atomic E-state index is 11.3. The van der Waals surface area contributed by atoms with Crippen LogP contribution in [0.15, 0.2) is 12.2 Å². The molecule has 0 heterocycles. The van der Waals surface area contributed by atoms with Gasteiger partial charge in [-0.15, -0.1) is 0 Å². The second-order valence-electron chi connectivity index (χ2n) is 3.49. The van der Waals surface area contributed by atoms with Crippen LogP contribution in [0.25, 0.3) is 0 Å². The van der Waals surface area contributed by atoms with Gasteiger partial charge in [-0.1, -0.05) is 38.7 Å². The van der Waals surface area contributed by atoms with Crippen molar-refractivity contribution in [3.05, 3.63) is 12.2 Å². The molecule has 2 nitrogen and oxygen atoms in total. The molecular weight excluding hydrogens is 176 g/mol. The van der Waals surface area contributed by atoms with Gasteiger partial charge in [-0.25, -0.2) is 0 Å². The summed E-state index contributed by atoms with van der Waals surface area (Å²) >= 11 is 0. The van der Waals surface area contributed by atoms with Crippen LogP contribution in [-0.2, 0) is 9.59 Å². The molecule has 0 aliphatic heterocycles. The number of hydrogen-bond acceptors (Lipinski definition) is 2. The molecule has 0 aromatic heterocycles. The summed E-state index contributed by atoms with van der Waals surface area (Å²) in [6, 6.07) is 0. The Labute approximate surface area is 86.4 Å². The van der Waals surface area contributed by atoms with E-state index in [4.69, 9.17) is 0 Å². The van der Waals surface area contributed by atoms with Gasteiger partial charge in [0.25, 0.3) is 0 Å². The van der Waals surface area contributed by atoms with E-state index >= 15 is 0 Å². The standard InChI is InChI=1S/C12H20O2/c1-3-5-6-7-9-11(10-13)12(14)8-4-2/h4,8,10-11H,3,5-7,9H2,1-2H3/b8-4+. The fourth-order valence-corrected chi connectivity index (χ4v) is 1.36. The number of aldehydes is 1. The molecule has 1 unspecified atom stereocenters. The minimum atomic E-state index is -0.414. The fraction of sp³-hybridized carbons (Fsp3) is 0.667. The molecule has 0 amide bonds. The van der Waals surface area contributed by atoms with E-state index in [1.54, 1.807) is 13.0 Å². The highest BCUT2D eigenvalue weighted by molar-refractivity contribution is 6.00. The number of allylic oxidation sites excluding steroid dienone is 2. The van der Waals surface area contributed by atoms with Crippen molar-refractivity contribution in [1.82, 2.24) is 0 Å². The zero-order valence-corrected chi connectivity index (χ0v) is 9.16. The number of carbonyl (C=O) groups excluding carboxylic acids is 2. The zero-order valence-electron chi connectivity index (χ0n) is 9.16. The van der Waals surface area contributed by atoms with Gasteiger partial charge in [-0.3, -0.25) is 4.79 Å². The topological polar surface area (TPSA) is 34.1 Å². The Morgan fingerprint density at radius 1 is 1.29 bits per heavy atom. The molecule has 80 valence electrons. The lowest BCUT2D eigenvalue weighted by Crippen LogP contribution is -2.13. The van der Waals surface area contributed by atoms with Crippen LogP contribution in [-0.4, -0.2) is 12.1 Å². The number of rotatable bonds is 8. The van der Waals surface area contributed by atoms with Gasteiger partial charge in [-0.2, -0.15) is 0 Å². The molecule has 0 aromatic carbocycles. The van der Waals surface area contributed by atoms with Crippen LogP contribution in [0.2, 0.25) is 0 Å². The summed E-state index contributed by atoms with van der Waals surface area (Å²) in [5.41, 5.74) is 0. The van der Waals surface area contributed by atoms with Crippen LogP contribution in [0.3, 0.4) is 0 Å². The molecule has 0 rings (SSSR count). The summed E-state index contributed by atoms with van der Waals surface area (Å²) in [5.74, 6) is -0.470. The molecular formula is C12H20O2. The molecule has 0 aliphatic carbocycles. The number of carbonyl (C=O) groups is 2. The lowest BCUT2D eigenvalue weighted by atomic mass is 9.97. The van der Waals surface area contributed by atoms with Gasteiger partial charge < -0.3 is 4.79 Å². The average Bonchev–Trinajstić information content (AvgIpc) is 2.18. The van der Waals surface area contributed by atoms with E-state index < -0.39 is 5.92 Å². The van der Waals surface area contributed by atoms with Gasteiger partial charge in [-0.05, 0) is 19.4 Å². The maximum atomic E-state index is 11.3. The molecule has 14 heavy (non-hydrogen) atoms. The van der Waals surface area contributed by atoms with Crippen molar-refractivity contribution in [3.63, 3.8) is 0 Å². The van der Waals surface area contributed by atoms with Crippen molar-refractivity contribution in [2.45, 2.75) is 46.0 Å². The van der Waals surface area contributed by atoms with Gasteiger partial charge >= 0.3 is 0 Å². The summed E-state index contributed by atoms with van der Waals surface area (Å²) in [7, 11) is 0. The molecule has 0 spiro atoms. The molecule has 0 fully saturated rings. The number of ketones is 1. The predicted molar refractivity (Wildman–Crippen MR) is 58.1 cm³/mol. The Bertz CT molecular complexity index is 194. The van der Waals surface area contributed by atoms with Crippen LogP contribution < -0.4 is 0 Å². The summed E-state index contributed by atoms with van der Waals surface area (Å²) in [5, 5.41) is 0. The van der Waals surface area contributed by atoms with E-state index in [-0.39, 0.29) is 5.78 Å². The smallest absolute Gasteiger partial charge is 0.165 e. The number of unbranched alkanes of at least 4 members (excludes halogenated alkanes) is 3. The first-order valence-electron chi connectivity index (χ1n) is 5.38. The van der Waals surface area contributed by atoms with Crippen LogP contribution in [0.4, 0.5) is 0 Å². The summed E-state index contributed by atoms with van der Waals surface area (Å²) < 4.78 is 0. The van der Waals surface area contributed by atoms with Gasteiger partial charge in [0, 0.05) is 0 Å². The minimum absolute atomic E-state index is 0.0565. The maximum Gasteiger partial charge on any atom is 0.165 e. The van der Waals surface area contributed by atoms with Crippen LogP contribution in [0, 0.1) is 5.92 Å². The predicted octanol–water partition coefficient (Wildman–Crippen LogP) is 2.92. The van der Waals surface area contributed by atoms with E-state index in [1.165, 1.54) is 18.9 Å². The highest BCUT2D eigenvalue weighted by Gasteiger charge is 2.13. The highest BCUT2D eigenvalue weighted by Crippen LogP contribution is 2.10. The largest absolute Gasteiger partial charge is 0.303 e. The molecule has 2 heteroatoms. The molecule has 0 saturated heterocycles. The SMILES string of the molecule is C/C=C/C(=O)C(C=O)CCCCCC. The third-order valence-electron chi connectivity index (χ3n) is 2.23. The lowest BCUT2D eigenvalue weighted by Gasteiger charge is -2.05. The van der Waals surface area contributed by atoms with Crippen molar-refractivity contribution < 1.29 is 9.59 Å². The van der Waals surface area contributed by atoms with E-state index in [0.29, 0.717) is 6.42 Å². The Kier molecular flexibility index (Phi) is 8.10. The Balaban J connectivity index is 3.79. The summed E-state index contributed by atoms with van der Waals surface area (Å²) in [6.07, 6.45) is 9.09. The summed E-state index contributed by atoms with van der Waals surface area (Å²) in [4.78, 5) is 22.0. The van der Waals surface area contributed by atoms with E-state index in [2.05, 4.69) is 6.92 Å². The van der Waals surface area contributed by atoms with Crippen molar-refractivity contribution in [1.29, 1.82) is 0 Å². The van der Waals surface area contributed by atoms with Gasteiger partial charge in [0.2, 0.25) is 0 Å². The molecule has 0 aliphatic rings. The highest BCUT2D eigenvalue weighted by atomic mass is 16.1. The van der Waals surface area contributed by atoms with Crippen molar-refractivity contribution in [3.8, 4) is 0 Å². The Morgan fingerprint density at radius 2 is 2.00 bits per heavy atom. The van der Waals surface area contributed by atoms with Crippen molar-refractivity contribution in [2.75, 3.05) is 0 Å². The lowest BCUT2D eigenvalue weighted by molar-refractivity contribution is -0.124. The van der Waals surface area contributed by atoms with Crippen LogP contribution in [0.1, 0.15) is 46.0 Å². The van der Waals surface area contributed by atoms with E-state index in [1.807, 2.05) is 0 Å². The zero-order chi connectivity index (χ0) is 10.8. The first-order valence-corrected chi connectivity index (χ1v) is 5.38. The molecule has 0 radical (unpaired) electrons. The van der Waals surface area contributed by atoms with Gasteiger partial charge in [0.1, 0.15) is 6.29 Å². The molecule has 0 bridgehead atoms. The van der Waals surface area contributed by atoms with Crippen molar-refractivity contribution in [2.24, 2.45) is 5.92 Å². The second kappa shape index (κ2) is 8.67. The first-order chi connectivity index (χ1) is 6.76. The van der Waals surface area contributed by atoms with E-state index in [9.17, 15) is 9.59 Å². The second-order valence-corrected chi connectivity index (χ2v) is 3.49. The third kappa shape index (κ3) is 5.68. The minimum Gasteiger partial charge on any atom is -0.303 e. The number of hydrogen-bond donors (Lipinski definition) is 0.